The van der Waals surface area contributed by atoms with Crippen molar-refractivity contribution in [3.05, 3.63) is 53.7 Å². The first-order valence-electron chi connectivity index (χ1n) is 13.8. The van der Waals surface area contributed by atoms with E-state index in [-0.39, 0.29) is 17.7 Å². The summed E-state index contributed by atoms with van der Waals surface area (Å²) >= 11 is 1.68. The van der Waals surface area contributed by atoms with Gasteiger partial charge in [-0.05, 0) is 44.4 Å². The summed E-state index contributed by atoms with van der Waals surface area (Å²) in [5, 5.41) is 34.7. The number of pyridine rings is 2. The van der Waals surface area contributed by atoms with Gasteiger partial charge in [0.2, 0.25) is 11.9 Å². The molecule has 4 heterocycles. The van der Waals surface area contributed by atoms with Crippen LogP contribution in [0.15, 0.2) is 41.7 Å². The van der Waals surface area contributed by atoms with E-state index < -0.39 is 24.2 Å². The monoisotopic (exact) mass is 578 g/mol. The first kappa shape index (κ1) is 27.6. The van der Waals surface area contributed by atoms with Crippen LogP contribution in [-0.4, -0.2) is 74.6 Å². The van der Waals surface area contributed by atoms with Crippen LogP contribution in [0.2, 0.25) is 0 Å². The second-order valence-corrected chi connectivity index (χ2v) is 11.7. The average Bonchev–Trinajstić information content (AvgIpc) is 3.66. The summed E-state index contributed by atoms with van der Waals surface area (Å²) < 4.78 is 5.16. The minimum atomic E-state index is -1.24. The van der Waals surface area contributed by atoms with E-state index >= 15 is 0 Å². The van der Waals surface area contributed by atoms with Gasteiger partial charge in [0.15, 0.2) is 0 Å². The Morgan fingerprint density at radius 2 is 1.95 bits per heavy atom. The third-order valence-corrected chi connectivity index (χ3v) is 8.89. The van der Waals surface area contributed by atoms with E-state index in [4.69, 9.17) is 14.7 Å². The largest absolute Gasteiger partial charge is 0.390 e. The van der Waals surface area contributed by atoms with Crippen molar-refractivity contribution in [3.8, 4) is 0 Å². The van der Waals surface area contributed by atoms with Crippen LogP contribution in [0, 0.1) is 12.8 Å². The molecule has 2 saturated carbocycles. The molecule has 6 N–H and O–H groups in total. The van der Waals surface area contributed by atoms with Crippen LogP contribution in [0.5, 0.6) is 0 Å². The average molecular weight is 579 g/mol. The molecule has 2 aliphatic carbocycles. The molecule has 1 aliphatic heterocycles. The van der Waals surface area contributed by atoms with Crippen molar-refractivity contribution >= 4 is 40.8 Å². The maximum absolute atomic E-state index is 13.0. The number of hydrogen-bond acceptors (Lipinski definition) is 12. The number of thioether (sulfide) groups is 1. The molecule has 3 aromatic heterocycles. The fourth-order valence-electron chi connectivity index (χ4n) is 5.42. The number of nitrogens with zero attached hydrogens (tertiary/aromatic N) is 4. The van der Waals surface area contributed by atoms with Crippen molar-refractivity contribution in [3.63, 3.8) is 0 Å². The smallest absolute Gasteiger partial charge is 0.230 e. The molecule has 2 fully saturated rings. The maximum atomic E-state index is 13.0. The van der Waals surface area contributed by atoms with Gasteiger partial charge in [-0.15, -0.1) is 0 Å². The second kappa shape index (κ2) is 11.8. The highest BCUT2D eigenvalue weighted by molar-refractivity contribution is 8.00. The fraction of sp³-hybridized carbons (Fsp3) is 0.464. The van der Waals surface area contributed by atoms with Gasteiger partial charge in [0.25, 0.3) is 0 Å². The van der Waals surface area contributed by atoms with Gasteiger partial charge in [-0.1, -0.05) is 11.8 Å². The van der Waals surface area contributed by atoms with Crippen molar-refractivity contribution < 1.29 is 19.7 Å². The van der Waals surface area contributed by atoms with Gasteiger partial charge in [-0.2, -0.15) is 4.98 Å². The van der Waals surface area contributed by atoms with E-state index in [1.54, 1.807) is 43.4 Å². The lowest BCUT2D eigenvalue weighted by atomic mass is 10.0. The third kappa shape index (κ3) is 5.80. The van der Waals surface area contributed by atoms with E-state index in [9.17, 15) is 15.0 Å². The molecule has 0 bridgehead atoms. The number of methoxy groups -OCH3 is 1. The molecular formula is C28H34N8O4S. The second-order valence-electron chi connectivity index (χ2n) is 10.6. The molecule has 3 aliphatic rings. The lowest BCUT2D eigenvalue weighted by Crippen LogP contribution is -2.37. The Morgan fingerprint density at radius 3 is 2.71 bits per heavy atom. The molecule has 12 nitrogen and oxygen atoms in total. The number of rotatable bonds is 10. The van der Waals surface area contributed by atoms with Gasteiger partial charge in [-0.25, -0.2) is 4.98 Å². The molecule has 5 unspecified atom stereocenters. The number of anilines is 4. The molecular weight excluding hydrogens is 544 g/mol. The fourth-order valence-corrected chi connectivity index (χ4v) is 6.67. The predicted molar refractivity (Wildman–Crippen MR) is 156 cm³/mol. The Morgan fingerprint density at radius 1 is 1.15 bits per heavy atom. The molecule has 5 atom stereocenters. The van der Waals surface area contributed by atoms with E-state index in [1.807, 2.05) is 19.2 Å². The standard InChI is InChI=1S/C28H34N8O4S/c1-14-20(27-35-22-19(41-27)7-10-30-21(22)15-3-4-15)25(36-28(32-14)31-11-12-40-2)34-18-13-17(23(37)24(18)38)26(39)33-16-5-8-29-9-6-16/h5-10,15,17-18,23-24,27,35,37-38H,3-4,11-13H2,1-2H3,(H,29,33,39)(H2,31,32,34,36). The summed E-state index contributed by atoms with van der Waals surface area (Å²) in [7, 11) is 1.63. The van der Waals surface area contributed by atoms with Gasteiger partial charge in [0.1, 0.15) is 17.3 Å². The lowest BCUT2D eigenvalue weighted by Gasteiger charge is -2.24. The number of ether oxygens (including phenoxy) is 1. The summed E-state index contributed by atoms with van der Waals surface area (Å²) in [6.45, 7) is 2.94. The van der Waals surface area contributed by atoms with Crippen molar-refractivity contribution in [2.75, 3.05) is 41.5 Å². The molecule has 6 rings (SSSR count). The van der Waals surface area contributed by atoms with Crippen molar-refractivity contribution in [1.82, 2.24) is 19.9 Å². The highest BCUT2D eigenvalue weighted by atomic mass is 32.2. The zero-order valence-electron chi connectivity index (χ0n) is 22.9. The van der Waals surface area contributed by atoms with Crippen molar-refractivity contribution in [2.24, 2.45) is 5.92 Å². The summed E-state index contributed by atoms with van der Waals surface area (Å²) in [6, 6.07) is 4.75. The normalized spacial score (nSPS) is 24.9. The first-order valence-corrected chi connectivity index (χ1v) is 14.7. The number of carbonyl (C=O) groups is 1. The number of aryl methyl sites for hydroxylation is 1. The molecule has 0 spiro atoms. The Balaban J connectivity index is 1.26. The number of amides is 1. The summed E-state index contributed by atoms with van der Waals surface area (Å²) in [5.41, 5.74) is 4.34. The Bertz CT molecular complexity index is 1410. The molecule has 0 radical (unpaired) electrons. The van der Waals surface area contributed by atoms with E-state index in [0.717, 1.165) is 40.4 Å². The summed E-state index contributed by atoms with van der Waals surface area (Å²) in [5.74, 6) is 0.270. The minimum absolute atomic E-state index is 0.184. The molecule has 0 saturated heterocycles. The first-order chi connectivity index (χ1) is 19.9. The number of fused-ring (bicyclic) bond motifs is 1. The van der Waals surface area contributed by atoms with Crippen molar-refractivity contribution in [1.29, 1.82) is 0 Å². The van der Waals surface area contributed by atoms with Gasteiger partial charge < -0.3 is 36.2 Å². The molecule has 3 aromatic rings. The van der Waals surface area contributed by atoms with Crippen LogP contribution < -0.4 is 21.3 Å². The number of aliphatic hydroxyl groups excluding tert-OH is 2. The molecule has 0 aromatic carbocycles. The van der Waals surface area contributed by atoms with Gasteiger partial charge in [0, 0.05) is 54.3 Å². The quantitative estimate of drug-likeness (QED) is 0.195. The van der Waals surface area contributed by atoms with Crippen LogP contribution in [0.4, 0.5) is 23.1 Å². The lowest BCUT2D eigenvalue weighted by molar-refractivity contribution is -0.123. The number of carbonyl (C=O) groups excluding carboxylic acids is 1. The SMILES string of the molecule is COCCNc1nc(C)c(C2Nc3c(ccnc3C3CC3)S2)c(NC2CC(C(=O)Nc3ccncc3)C(O)C2O)n1. The van der Waals surface area contributed by atoms with E-state index in [2.05, 4.69) is 31.2 Å². The van der Waals surface area contributed by atoms with Gasteiger partial charge in [0.05, 0.1) is 41.7 Å². The third-order valence-electron chi connectivity index (χ3n) is 7.70. The molecule has 41 heavy (non-hydrogen) atoms. The van der Waals surface area contributed by atoms with E-state index in [0.29, 0.717) is 36.5 Å². The number of hydrogen-bond donors (Lipinski definition) is 6. The Hall–Kier alpha value is -3.52. The topological polar surface area (TPSA) is 166 Å². The van der Waals surface area contributed by atoms with Crippen molar-refractivity contribution in [2.45, 2.75) is 60.6 Å². The van der Waals surface area contributed by atoms with Gasteiger partial charge in [-0.3, -0.25) is 14.8 Å². The Labute approximate surface area is 242 Å². The predicted octanol–water partition coefficient (Wildman–Crippen LogP) is 2.89. The maximum Gasteiger partial charge on any atom is 0.230 e. The highest BCUT2D eigenvalue weighted by Gasteiger charge is 2.46. The molecule has 1 amide bonds. The zero-order valence-corrected chi connectivity index (χ0v) is 23.7. The van der Waals surface area contributed by atoms with Gasteiger partial charge >= 0.3 is 0 Å². The zero-order chi connectivity index (χ0) is 28.5. The molecule has 13 heteroatoms. The van der Waals surface area contributed by atoms with Crippen LogP contribution in [0.3, 0.4) is 0 Å². The van der Waals surface area contributed by atoms with Crippen LogP contribution in [0.1, 0.15) is 47.5 Å². The van der Waals surface area contributed by atoms with Crippen LogP contribution in [-0.2, 0) is 9.53 Å². The summed E-state index contributed by atoms with van der Waals surface area (Å²) in [4.78, 5) is 32.3. The van der Waals surface area contributed by atoms with Crippen LogP contribution >= 0.6 is 11.8 Å². The summed E-state index contributed by atoms with van der Waals surface area (Å²) in [6.07, 6.45) is 5.11. The molecule has 216 valence electrons. The highest BCUT2D eigenvalue weighted by Crippen LogP contribution is 2.53. The van der Waals surface area contributed by atoms with Crippen LogP contribution in [0.25, 0.3) is 0 Å². The van der Waals surface area contributed by atoms with E-state index in [1.165, 1.54) is 0 Å². The number of aliphatic hydroxyl groups is 2. The number of nitrogens with one attached hydrogen (secondary N) is 4. The Kier molecular flexibility index (Phi) is 7.93. The number of aromatic nitrogens is 4. The minimum Gasteiger partial charge on any atom is -0.390 e.